The molecule has 23 heavy (non-hydrogen) atoms. The lowest BCUT2D eigenvalue weighted by molar-refractivity contribution is -0.890. The van der Waals surface area contributed by atoms with Crippen molar-refractivity contribution in [1.82, 2.24) is 0 Å². The van der Waals surface area contributed by atoms with Gasteiger partial charge < -0.3 is 9.59 Å². The van der Waals surface area contributed by atoms with E-state index in [4.69, 9.17) is 4.55 Å². The summed E-state index contributed by atoms with van der Waals surface area (Å²) >= 11 is 0. The molecule has 0 spiro atoms. The number of aliphatic hydroxyl groups excluding tert-OH is 1. The molecule has 0 saturated heterocycles. The zero-order chi connectivity index (χ0) is 17.8. The van der Waals surface area contributed by atoms with Crippen molar-refractivity contribution in [3.63, 3.8) is 0 Å². The minimum atomic E-state index is -3.86. The summed E-state index contributed by atoms with van der Waals surface area (Å²) in [6.45, 7) is 3.73. The van der Waals surface area contributed by atoms with Crippen molar-refractivity contribution in [1.29, 1.82) is 0 Å². The quantitative estimate of drug-likeness (QED) is 0.269. The molecule has 5 nitrogen and oxygen atoms in total. The molecular weight excluding hydrogens is 314 g/mol. The molecule has 140 valence electrons. The maximum atomic E-state index is 10.7. The van der Waals surface area contributed by atoms with Gasteiger partial charge in [-0.2, -0.15) is 8.42 Å². The van der Waals surface area contributed by atoms with Gasteiger partial charge in [-0.1, -0.05) is 51.9 Å². The lowest BCUT2D eigenvalue weighted by atomic mass is 10.0. The van der Waals surface area contributed by atoms with E-state index in [0.717, 1.165) is 25.8 Å². The van der Waals surface area contributed by atoms with Crippen LogP contribution >= 0.6 is 0 Å². The molecule has 2 N–H and O–H groups in total. The Balaban J connectivity index is 3.67. The van der Waals surface area contributed by atoms with E-state index < -0.39 is 10.1 Å². The molecule has 0 radical (unpaired) electrons. The minimum Gasteiger partial charge on any atom is -0.393 e. The van der Waals surface area contributed by atoms with Gasteiger partial charge in [0.15, 0.2) is 0 Å². The third kappa shape index (κ3) is 16.5. The van der Waals surface area contributed by atoms with Crippen molar-refractivity contribution in [3.05, 3.63) is 0 Å². The van der Waals surface area contributed by atoms with Crippen molar-refractivity contribution in [2.24, 2.45) is 0 Å². The summed E-state index contributed by atoms with van der Waals surface area (Å²) in [7, 11) is 0.204. The highest BCUT2D eigenvalue weighted by Crippen LogP contribution is 2.12. The van der Waals surface area contributed by atoms with Crippen molar-refractivity contribution in [2.45, 2.75) is 77.2 Å². The van der Waals surface area contributed by atoms with Crippen molar-refractivity contribution in [2.75, 3.05) is 32.9 Å². The van der Waals surface area contributed by atoms with Crippen LogP contribution in [0.15, 0.2) is 0 Å². The zero-order valence-corrected chi connectivity index (χ0v) is 16.2. The molecule has 0 aliphatic carbocycles. The van der Waals surface area contributed by atoms with Crippen LogP contribution in [0, 0.1) is 0 Å². The van der Waals surface area contributed by atoms with E-state index in [1.54, 1.807) is 0 Å². The number of nitrogens with zero attached hydrogens (tertiary/aromatic N) is 1. The second-order valence-electron chi connectivity index (χ2n) is 7.38. The number of aliphatic hydroxyl groups is 1. The Bertz CT molecular complexity index is 382. The Labute approximate surface area is 143 Å². The molecule has 0 rings (SSSR count). The van der Waals surface area contributed by atoms with Crippen molar-refractivity contribution in [3.8, 4) is 0 Å². The molecule has 1 unspecified atom stereocenters. The van der Waals surface area contributed by atoms with Crippen LogP contribution in [0.4, 0.5) is 0 Å². The Hall–Kier alpha value is -0.170. The SMILES string of the molecule is CCCCCCCCCC(O)CC[N+](C)(C)CCCS(=O)(=O)O. The summed E-state index contributed by atoms with van der Waals surface area (Å²) in [5, 5.41) is 10.1. The lowest BCUT2D eigenvalue weighted by Gasteiger charge is -2.30. The number of unbranched alkanes of at least 4 members (excludes halogenated alkanes) is 6. The van der Waals surface area contributed by atoms with Gasteiger partial charge in [0.1, 0.15) is 0 Å². The van der Waals surface area contributed by atoms with Gasteiger partial charge in [-0.05, 0) is 6.42 Å². The van der Waals surface area contributed by atoms with Crippen LogP contribution in [-0.2, 0) is 10.1 Å². The first-order valence-corrected chi connectivity index (χ1v) is 10.7. The van der Waals surface area contributed by atoms with Crippen molar-refractivity contribution < 1.29 is 22.6 Å². The van der Waals surface area contributed by atoms with Crippen LogP contribution in [0.3, 0.4) is 0 Å². The Morgan fingerprint density at radius 3 is 2.00 bits per heavy atom. The van der Waals surface area contributed by atoms with E-state index >= 15 is 0 Å². The third-order valence-electron chi connectivity index (χ3n) is 4.37. The van der Waals surface area contributed by atoms with Gasteiger partial charge in [0.25, 0.3) is 10.1 Å². The number of hydrogen-bond donors (Lipinski definition) is 2. The predicted octanol–water partition coefficient (Wildman–Crippen LogP) is 3.23. The van der Waals surface area contributed by atoms with Gasteiger partial charge in [0.2, 0.25) is 0 Å². The smallest absolute Gasteiger partial charge is 0.265 e. The molecule has 0 aromatic carbocycles. The van der Waals surface area contributed by atoms with Gasteiger partial charge >= 0.3 is 0 Å². The first kappa shape index (κ1) is 22.8. The first-order valence-electron chi connectivity index (χ1n) is 9.11. The van der Waals surface area contributed by atoms with Gasteiger partial charge in [-0.25, -0.2) is 0 Å². The summed E-state index contributed by atoms with van der Waals surface area (Å²) in [5.74, 6) is -0.185. The molecule has 0 saturated carbocycles. The summed E-state index contributed by atoms with van der Waals surface area (Å²) in [4.78, 5) is 0. The summed E-state index contributed by atoms with van der Waals surface area (Å²) in [6.07, 6.45) is 10.6. The molecule has 0 aliphatic rings. The Kier molecular flexibility index (Phi) is 12.1. The van der Waals surface area contributed by atoms with Crippen LogP contribution in [0.25, 0.3) is 0 Å². The molecular formula is C17H38NO4S+. The maximum absolute atomic E-state index is 10.7. The minimum absolute atomic E-state index is 0.185. The topological polar surface area (TPSA) is 74.6 Å². The van der Waals surface area contributed by atoms with Gasteiger partial charge in [-0.3, -0.25) is 4.55 Å². The fourth-order valence-corrected chi connectivity index (χ4v) is 3.26. The van der Waals surface area contributed by atoms with Gasteiger partial charge in [-0.15, -0.1) is 0 Å². The van der Waals surface area contributed by atoms with Crippen LogP contribution in [-0.4, -0.2) is 61.6 Å². The molecule has 0 aromatic rings. The summed E-state index contributed by atoms with van der Waals surface area (Å²) in [6, 6.07) is 0. The molecule has 0 bridgehead atoms. The molecule has 0 heterocycles. The second kappa shape index (κ2) is 12.2. The first-order chi connectivity index (χ1) is 10.7. The van der Waals surface area contributed by atoms with E-state index in [0.29, 0.717) is 17.4 Å². The van der Waals surface area contributed by atoms with Gasteiger partial charge in [0.05, 0.1) is 39.0 Å². The molecule has 0 aromatic heterocycles. The highest BCUT2D eigenvalue weighted by atomic mass is 32.2. The van der Waals surface area contributed by atoms with Crippen LogP contribution < -0.4 is 0 Å². The standard InChI is InChI=1S/C17H37NO4S/c1-4-5-6-7-8-9-10-12-17(19)13-15-18(2,3)14-11-16-23(20,21)22/h17,19H,4-16H2,1-3H3/p+1. The van der Waals surface area contributed by atoms with E-state index in [2.05, 4.69) is 6.92 Å². The summed E-state index contributed by atoms with van der Waals surface area (Å²) in [5.41, 5.74) is 0. The maximum Gasteiger partial charge on any atom is 0.265 e. The fourth-order valence-electron chi connectivity index (χ4n) is 2.77. The lowest BCUT2D eigenvalue weighted by Crippen LogP contribution is -2.43. The normalized spacial score (nSPS) is 14.1. The van der Waals surface area contributed by atoms with Crippen LogP contribution in [0.5, 0.6) is 0 Å². The summed E-state index contributed by atoms with van der Waals surface area (Å²) < 4.78 is 30.9. The number of rotatable bonds is 15. The average molecular weight is 353 g/mol. The second-order valence-corrected chi connectivity index (χ2v) is 8.95. The van der Waals surface area contributed by atoms with E-state index in [-0.39, 0.29) is 11.9 Å². The third-order valence-corrected chi connectivity index (χ3v) is 5.18. The van der Waals surface area contributed by atoms with Crippen LogP contribution in [0.1, 0.15) is 71.1 Å². The molecule has 1 atom stereocenters. The molecule has 6 heteroatoms. The highest BCUT2D eigenvalue weighted by molar-refractivity contribution is 7.85. The van der Waals surface area contributed by atoms with E-state index in [9.17, 15) is 13.5 Å². The Morgan fingerprint density at radius 2 is 1.43 bits per heavy atom. The predicted molar refractivity (Wildman–Crippen MR) is 96.1 cm³/mol. The molecule has 0 aliphatic heterocycles. The van der Waals surface area contributed by atoms with Crippen LogP contribution in [0.2, 0.25) is 0 Å². The monoisotopic (exact) mass is 352 g/mol. The average Bonchev–Trinajstić information content (AvgIpc) is 2.42. The Morgan fingerprint density at radius 1 is 0.870 bits per heavy atom. The fraction of sp³-hybridized carbons (Fsp3) is 1.00. The number of quaternary nitrogens is 1. The molecule has 0 amide bonds. The highest BCUT2D eigenvalue weighted by Gasteiger charge is 2.18. The van der Waals surface area contributed by atoms with Gasteiger partial charge in [0, 0.05) is 12.8 Å². The van der Waals surface area contributed by atoms with E-state index in [1.807, 2.05) is 14.1 Å². The molecule has 0 fully saturated rings. The van der Waals surface area contributed by atoms with Crippen molar-refractivity contribution >= 4 is 10.1 Å². The largest absolute Gasteiger partial charge is 0.393 e. The number of hydrogen-bond acceptors (Lipinski definition) is 3. The van der Waals surface area contributed by atoms with E-state index in [1.165, 1.54) is 38.5 Å². The zero-order valence-electron chi connectivity index (χ0n) is 15.3.